The summed E-state index contributed by atoms with van der Waals surface area (Å²) >= 11 is 0. The summed E-state index contributed by atoms with van der Waals surface area (Å²) in [6, 6.07) is 0. The number of aromatic nitrogens is 3. The zero-order valence-electron chi connectivity index (χ0n) is 15.9. The molecule has 35 heavy (non-hydrogen) atoms. The summed E-state index contributed by atoms with van der Waals surface area (Å²) in [6.07, 6.45) is -46.1. The molecule has 0 atom stereocenters. The van der Waals surface area contributed by atoms with Crippen molar-refractivity contribution in [3.8, 4) is 0 Å². The van der Waals surface area contributed by atoms with E-state index in [9.17, 15) is 79.0 Å². The van der Waals surface area contributed by atoms with E-state index in [1.807, 2.05) is 9.97 Å². The van der Waals surface area contributed by atoms with E-state index in [4.69, 9.17) is 0 Å². The molecule has 0 aliphatic heterocycles. The van der Waals surface area contributed by atoms with E-state index in [2.05, 4.69) is 0 Å². The molecule has 1 rings (SSSR count). The molecule has 0 fully saturated rings. The third kappa shape index (κ3) is 4.47. The Morgan fingerprint density at radius 3 is 0.857 bits per heavy atom. The van der Waals surface area contributed by atoms with Crippen LogP contribution in [0.2, 0.25) is 0 Å². The van der Waals surface area contributed by atoms with Crippen LogP contribution in [0.5, 0.6) is 0 Å². The van der Waals surface area contributed by atoms with Crippen LogP contribution in [0.1, 0.15) is 18.6 Å². The van der Waals surface area contributed by atoms with Gasteiger partial charge in [0.15, 0.2) is 11.6 Å². The molecule has 204 valence electrons. The van der Waals surface area contributed by atoms with Crippen LogP contribution in [0, 0.1) is 0 Å². The molecular weight excluding hydrogens is 554 g/mol. The average molecular weight is 560 g/mol. The molecule has 0 radical (unpaired) electrons. The summed E-state index contributed by atoms with van der Waals surface area (Å²) in [5.41, 5.74) is -14.9. The first kappa shape index (κ1) is 30.6. The number of nitrogens with zero attached hydrogens (tertiary/aromatic N) is 3. The van der Waals surface area contributed by atoms with Gasteiger partial charge in [-0.2, -0.15) is 89.0 Å². The Bertz CT molecular complexity index is 760. The van der Waals surface area contributed by atoms with Gasteiger partial charge in [0.1, 0.15) is 0 Å². The Hall–Kier alpha value is -2.45. The molecule has 1 aromatic heterocycles. The van der Waals surface area contributed by atoms with Crippen molar-refractivity contribution in [1.82, 2.24) is 15.0 Å². The van der Waals surface area contributed by atoms with Crippen molar-refractivity contribution in [2.75, 3.05) is 11.9 Å². The van der Waals surface area contributed by atoms with Crippen molar-refractivity contribution in [1.29, 1.82) is 0 Å². The number of rotatable bonds is 4. The predicted octanol–water partition coefficient (Wildman–Crippen LogP) is 6.15. The second-order valence-corrected chi connectivity index (χ2v) is 6.32. The predicted molar refractivity (Wildman–Crippen MR) is 73.7 cm³/mol. The molecular formula is C13H6F18N4. The van der Waals surface area contributed by atoms with Gasteiger partial charge in [-0.05, 0) is 6.92 Å². The van der Waals surface area contributed by atoms with Crippen LogP contribution in [0.4, 0.5) is 85.0 Å². The van der Waals surface area contributed by atoms with E-state index >= 15 is 0 Å². The molecule has 0 unspecified atom stereocenters. The van der Waals surface area contributed by atoms with Gasteiger partial charge in [0, 0.05) is 6.54 Å². The second kappa shape index (κ2) is 8.30. The quantitative estimate of drug-likeness (QED) is 0.449. The maximum atomic E-state index is 13.3. The minimum atomic E-state index is -7.69. The Morgan fingerprint density at radius 2 is 0.686 bits per heavy atom. The van der Waals surface area contributed by atoms with Crippen molar-refractivity contribution in [3.05, 3.63) is 11.6 Å². The Kier molecular flexibility index (Phi) is 7.26. The van der Waals surface area contributed by atoms with Gasteiger partial charge in [0.2, 0.25) is 5.95 Å². The SMILES string of the molecule is CCNc1nc(C(C(F)(F)F)(C(F)(F)F)C(F)(F)F)nc(C(C(F)(F)F)(C(F)(F)F)C(F)(F)F)n1. The summed E-state index contributed by atoms with van der Waals surface area (Å²) in [7, 11) is 0. The van der Waals surface area contributed by atoms with Crippen LogP contribution >= 0.6 is 0 Å². The topological polar surface area (TPSA) is 50.7 Å². The van der Waals surface area contributed by atoms with Gasteiger partial charge in [-0.1, -0.05) is 0 Å². The lowest BCUT2D eigenvalue weighted by Crippen LogP contribution is -2.66. The summed E-state index contributed by atoms with van der Waals surface area (Å²) in [5, 5.41) is 1.27. The molecule has 0 aromatic carbocycles. The summed E-state index contributed by atoms with van der Waals surface area (Å²) in [6.45, 7) is -0.144. The van der Waals surface area contributed by atoms with E-state index in [1.165, 1.54) is 10.3 Å². The van der Waals surface area contributed by atoms with Crippen molar-refractivity contribution in [2.24, 2.45) is 0 Å². The van der Waals surface area contributed by atoms with E-state index in [0.29, 0.717) is 0 Å². The van der Waals surface area contributed by atoms with Crippen molar-refractivity contribution in [2.45, 2.75) is 54.8 Å². The summed E-state index contributed by atoms with van der Waals surface area (Å²) in [5.74, 6) is -10.2. The first-order chi connectivity index (χ1) is 15.1. The molecule has 0 spiro atoms. The van der Waals surface area contributed by atoms with Crippen LogP contribution in [-0.2, 0) is 10.8 Å². The normalized spacial score (nSPS) is 15.4. The molecule has 1 heterocycles. The zero-order chi connectivity index (χ0) is 28.3. The van der Waals surface area contributed by atoms with E-state index in [1.54, 1.807) is 0 Å². The molecule has 0 amide bonds. The van der Waals surface area contributed by atoms with Crippen molar-refractivity contribution < 1.29 is 79.0 Å². The lowest BCUT2D eigenvalue weighted by atomic mass is 9.82. The van der Waals surface area contributed by atoms with E-state index in [0.717, 1.165) is 6.92 Å². The van der Waals surface area contributed by atoms with E-state index in [-0.39, 0.29) is 0 Å². The molecule has 0 aliphatic carbocycles. The first-order valence-corrected chi connectivity index (χ1v) is 8.05. The third-order valence-corrected chi connectivity index (χ3v) is 4.19. The van der Waals surface area contributed by atoms with Gasteiger partial charge in [-0.25, -0.2) is 4.98 Å². The first-order valence-electron chi connectivity index (χ1n) is 8.05. The number of hydrogen-bond donors (Lipinski definition) is 1. The third-order valence-electron chi connectivity index (χ3n) is 4.19. The molecule has 0 aliphatic rings. The lowest BCUT2D eigenvalue weighted by Gasteiger charge is -2.39. The van der Waals surface area contributed by atoms with E-state index < -0.39 is 72.0 Å². The number of alkyl halides is 18. The molecule has 1 N–H and O–H groups in total. The highest BCUT2D eigenvalue weighted by atomic mass is 19.4. The van der Waals surface area contributed by atoms with Crippen molar-refractivity contribution in [3.63, 3.8) is 0 Å². The van der Waals surface area contributed by atoms with Gasteiger partial charge in [0.05, 0.1) is 0 Å². The maximum Gasteiger partial charge on any atom is 0.419 e. The van der Waals surface area contributed by atoms with Gasteiger partial charge in [-0.3, -0.25) is 0 Å². The molecule has 1 aromatic rings. The number of anilines is 1. The van der Waals surface area contributed by atoms with Crippen molar-refractivity contribution >= 4 is 5.95 Å². The summed E-state index contributed by atoms with van der Waals surface area (Å²) in [4.78, 5) is 5.20. The van der Waals surface area contributed by atoms with Gasteiger partial charge >= 0.3 is 47.9 Å². The smallest absolute Gasteiger partial charge is 0.354 e. The Balaban J connectivity index is 4.55. The van der Waals surface area contributed by atoms with Crippen LogP contribution < -0.4 is 5.32 Å². The lowest BCUT2D eigenvalue weighted by molar-refractivity contribution is -0.391. The monoisotopic (exact) mass is 560 g/mol. The van der Waals surface area contributed by atoms with Crippen LogP contribution in [-0.4, -0.2) is 58.6 Å². The Labute approximate surface area is 179 Å². The molecule has 4 nitrogen and oxygen atoms in total. The van der Waals surface area contributed by atoms with Gasteiger partial charge in [0.25, 0.3) is 0 Å². The largest absolute Gasteiger partial charge is 0.419 e. The fraction of sp³-hybridized carbons (Fsp3) is 0.769. The van der Waals surface area contributed by atoms with Gasteiger partial charge < -0.3 is 5.32 Å². The molecule has 0 saturated heterocycles. The molecule has 0 bridgehead atoms. The minimum absolute atomic E-state index is 0.776. The molecule has 22 heteroatoms. The van der Waals surface area contributed by atoms with Crippen LogP contribution in [0.15, 0.2) is 0 Å². The van der Waals surface area contributed by atoms with Crippen LogP contribution in [0.25, 0.3) is 0 Å². The highest BCUT2D eigenvalue weighted by molar-refractivity contribution is 5.34. The minimum Gasteiger partial charge on any atom is -0.354 e. The fourth-order valence-electron chi connectivity index (χ4n) is 2.67. The standard InChI is InChI=1S/C13H6F18N4/c1-2-32-5-34-3(6(8(14,15)16,9(17,18)19)10(20,21)22)33-4(35-5)7(11(23,24)25,12(26,27)28)13(29,30)31/h2H2,1H3,(H,32,33,34,35). The zero-order valence-corrected chi connectivity index (χ0v) is 15.9. The average Bonchev–Trinajstić information content (AvgIpc) is 2.46. The highest BCUT2D eigenvalue weighted by Gasteiger charge is 2.89. The molecule has 0 saturated carbocycles. The number of hydrogen-bond acceptors (Lipinski definition) is 4. The van der Waals surface area contributed by atoms with Crippen LogP contribution in [0.3, 0.4) is 0 Å². The number of halogens is 18. The summed E-state index contributed by atoms with van der Waals surface area (Å²) < 4.78 is 239. The second-order valence-electron chi connectivity index (χ2n) is 6.32. The number of nitrogens with one attached hydrogen (secondary N) is 1. The van der Waals surface area contributed by atoms with Gasteiger partial charge in [-0.15, -0.1) is 0 Å². The fourth-order valence-corrected chi connectivity index (χ4v) is 2.67. The highest BCUT2D eigenvalue weighted by Crippen LogP contribution is 2.62. The Morgan fingerprint density at radius 1 is 0.457 bits per heavy atom. The maximum absolute atomic E-state index is 13.3.